The first-order valence-corrected chi connectivity index (χ1v) is 10.8. The van der Waals surface area contributed by atoms with Crippen LogP contribution in [-0.2, 0) is 17.1 Å². The molecule has 0 aromatic heterocycles. The monoisotopic (exact) mass is 427 g/mol. The zero-order valence-electron chi connectivity index (χ0n) is 16.1. The smallest absolute Gasteiger partial charge is 0.0178 e. The second-order valence-electron chi connectivity index (χ2n) is 6.30. The fourth-order valence-corrected chi connectivity index (χ4v) is 5.61. The Hall–Kier alpha value is -0.651. The van der Waals surface area contributed by atoms with Gasteiger partial charge >= 0.3 is 0 Å². The van der Waals surface area contributed by atoms with E-state index in [1.54, 1.807) is 0 Å². The van der Waals surface area contributed by atoms with Gasteiger partial charge in [-0.25, -0.2) is 0 Å². The average molecular weight is 427 g/mol. The van der Waals surface area contributed by atoms with Crippen molar-refractivity contribution in [2.45, 2.75) is 6.04 Å². The number of rotatable bonds is 6. The summed E-state index contributed by atoms with van der Waals surface area (Å²) in [5.41, 5.74) is 0. The van der Waals surface area contributed by atoms with Gasteiger partial charge in [-0.3, -0.25) is 0 Å². The molecule has 2 aromatic carbocycles. The molecule has 10 radical (unpaired) electrons. The van der Waals surface area contributed by atoms with E-state index >= 15 is 0 Å². The van der Waals surface area contributed by atoms with Crippen LogP contribution in [0.4, 0.5) is 0 Å². The van der Waals surface area contributed by atoms with Crippen molar-refractivity contribution < 1.29 is 17.1 Å². The van der Waals surface area contributed by atoms with E-state index in [4.69, 9.17) is 0 Å². The number of nitrogens with one attached hydrogen (secondary N) is 1. The maximum Gasteiger partial charge on any atom is 0.0178 e. The summed E-state index contributed by atoms with van der Waals surface area (Å²) in [6, 6.07) is 22.2. The van der Waals surface area contributed by atoms with Crippen LogP contribution in [0.25, 0.3) is 0 Å². The van der Waals surface area contributed by atoms with Gasteiger partial charge in [0.25, 0.3) is 0 Å². The molecule has 4 rings (SSSR count). The van der Waals surface area contributed by atoms with E-state index in [0.717, 1.165) is 6.16 Å². The molecule has 3 heteroatoms. The van der Waals surface area contributed by atoms with Gasteiger partial charge in [0.15, 0.2) is 0 Å². The summed E-state index contributed by atoms with van der Waals surface area (Å²) in [4.78, 5) is 0. The molecule has 28 heavy (non-hydrogen) atoms. The van der Waals surface area contributed by atoms with Crippen molar-refractivity contribution in [3.63, 3.8) is 0 Å². The van der Waals surface area contributed by atoms with E-state index in [9.17, 15) is 0 Å². The Balaban J connectivity index is 0.000000408. The summed E-state index contributed by atoms with van der Waals surface area (Å²) in [6.07, 6.45) is 19.8. The molecule has 1 atom stereocenters. The molecule has 1 N–H and O–H groups in total. The Morgan fingerprint density at radius 2 is 1.11 bits per heavy atom. The average Bonchev–Trinajstić information content (AvgIpc) is 3.47. The molecule has 0 unspecified atom stereocenters. The molecule has 0 saturated heterocycles. The van der Waals surface area contributed by atoms with Gasteiger partial charge in [-0.2, -0.15) is 0 Å². The first-order valence-electron chi connectivity index (χ1n) is 9.31. The third-order valence-corrected chi connectivity index (χ3v) is 7.07. The van der Waals surface area contributed by atoms with Gasteiger partial charge in [0.2, 0.25) is 0 Å². The molecule has 2 aliphatic rings. The van der Waals surface area contributed by atoms with Crippen molar-refractivity contribution in [1.29, 1.82) is 0 Å². The Morgan fingerprint density at radius 3 is 1.50 bits per heavy atom. The SMILES string of the molecule is CN[C@@H](CP(c1ccccc1)c1ccccc1)[C]1[CH][CH][CH][CH]1.[CH]1[CH][CH][CH][CH]1.[Fe]. The number of hydrogen-bond acceptors (Lipinski definition) is 1. The summed E-state index contributed by atoms with van der Waals surface area (Å²) in [6.45, 7) is 0. The van der Waals surface area contributed by atoms with Crippen LogP contribution in [0.5, 0.6) is 0 Å². The number of benzene rings is 2. The molecule has 1 nitrogen and oxygen atoms in total. The molecule has 144 valence electrons. The molecule has 2 aromatic rings. The van der Waals surface area contributed by atoms with Gasteiger partial charge < -0.3 is 5.32 Å². The molecule has 2 aliphatic carbocycles. The molecule has 0 amide bonds. The second-order valence-corrected chi connectivity index (χ2v) is 8.56. The third kappa shape index (κ3) is 7.31. The summed E-state index contributed by atoms with van der Waals surface area (Å²) < 4.78 is 0. The van der Waals surface area contributed by atoms with Gasteiger partial charge in [0.05, 0.1) is 0 Å². The van der Waals surface area contributed by atoms with Crippen molar-refractivity contribution in [3.05, 3.63) is 124 Å². The third-order valence-electron chi connectivity index (χ3n) is 4.50. The maximum absolute atomic E-state index is 3.49. The minimum atomic E-state index is -0.363. The minimum absolute atomic E-state index is 0. The van der Waals surface area contributed by atoms with Gasteiger partial charge in [-0.05, 0) is 89.5 Å². The maximum atomic E-state index is 3.49. The minimum Gasteiger partial charge on any atom is -0.316 e. The van der Waals surface area contributed by atoms with Crippen LogP contribution in [0.1, 0.15) is 0 Å². The summed E-state index contributed by atoms with van der Waals surface area (Å²) in [7, 11) is 1.69. The van der Waals surface area contributed by atoms with E-state index in [0.29, 0.717) is 6.04 Å². The summed E-state index contributed by atoms with van der Waals surface area (Å²) in [5.74, 6) is 1.38. The molecule has 0 spiro atoms. The van der Waals surface area contributed by atoms with Gasteiger partial charge in [-0.15, -0.1) is 0 Å². The predicted octanol–water partition coefficient (Wildman–Crippen LogP) is 4.13. The van der Waals surface area contributed by atoms with Crippen LogP contribution in [0.15, 0.2) is 60.7 Å². The van der Waals surface area contributed by atoms with Crippen LogP contribution in [0, 0.1) is 63.7 Å². The van der Waals surface area contributed by atoms with E-state index in [1.165, 1.54) is 16.5 Å². The van der Waals surface area contributed by atoms with Crippen LogP contribution in [0.3, 0.4) is 0 Å². The van der Waals surface area contributed by atoms with Crippen LogP contribution in [0.2, 0.25) is 0 Å². The molecule has 2 fully saturated rings. The Morgan fingerprint density at radius 1 is 0.679 bits per heavy atom. The Labute approximate surface area is 184 Å². The van der Waals surface area contributed by atoms with Gasteiger partial charge in [-0.1, -0.05) is 60.7 Å². The van der Waals surface area contributed by atoms with Crippen molar-refractivity contribution in [2.24, 2.45) is 0 Å². The van der Waals surface area contributed by atoms with Crippen LogP contribution >= 0.6 is 7.92 Å². The van der Waals surface area contributed by atoms with E-state index in [-0.39, 0.29) is 25.0 Å². The largest absolute Gasteiger partial charge is 0.316 e. The summed E-state index contributed by atoms with van der Waals surface area (Å²) >= 11 is 0. The molecular formula is C25H26FeNP. The zero-order valence-corrected chi connectivity index (χ0v) is 18.1. The van der Waals surface area contributed by atoms with Crippen molar-refractivity contribution in [2.75, 3.05) is 13.2 Å². The number of hydrogen-bond donors (Lipinski definition) is 1. The fraction of sp³-hybridized carbons (Fsp3) is 0.120. The van der Waals surface area contributed by atoms with Crippen molar-refractivity contribution in [3.8, 4) is 0 Å². The Kier molecular flexibility index (Phi) is 11.4. The first kappa shape index (κ1) is 23.6. The molecule has 0 heterocycles. The second kappa shape index (κ2) is 13.6. The normalized spacial score (nSPS) is 17.6. The van der Waals surface area contributed by atoms with E-state index in [1.807, 2.05) is 32.1 Å². The zero-order chi connectivity index (χ0) is 18.7. The van der Waals surface area contributed by atoms with Gasteiger partial charge in [0, 0.05) is 29.0 Å². The fourth-order valence-electron chi connectivity index (χ4n) is 3.06. The summed E-state index contributed by atoms with van der Waals surface area (Å²) in [5, 5.41) is 6.37. The predicted molar refractivity (Wildman–Crippen MR) is 119 cm³/mol. The van der Waals surface area contributed by atoms with Gasteiger partial charge in [0.1, 0.15) is 0 Å². The molecule has 2 saturated carbocycles. The van der Waals surface area contributed by atoms with E-state index in [2.05, 4.69) is 98.7 Å². The van der Waals surface area contributed by atoms with Crippen molar-refractivity contribution in [1.82, 2.24) is 5.32 Å². The Bertz CT molecular complexity index is 576. The quantitative estimate of drug-likeness (QED) is 0.540. The first-order chi connectivity index (χ1) is 13.4. The molecule has 0 bridgehead atoms. The molecule has 0 aliphatic heterocycles. The van der Waals surface area contributed by atoms with Crippen molar-refractivity contribution >= 4 is 18.5 Å². The van der Waals surface area contributed by atoms with E-state index < -0.39 is 0 Å². The standard InChI is InChI=1S/C20H21NP.C5H5.Fe/c1-21-20(17-10-8-9-11-17)16-22(18-12-4-2-5-13-18)19-14-6-3-7-15-19;1-2-4-5-3-1;/h2-15,20-21H,16H2,1H3;1-5H;/t20-;;/m0../s1. The molecular weight excluding hydrogens is 401 g/mol. The topological polar surface area (TPSA) is 12.0 Å². The van der Waals surface area contributed by atoms with Crippen LogP contribution in [-0.4, -0.2) is 19.3 Å². The van der Waals surface area contributed by atoms with Crippen LogP contribution < -0.4 is 15.9 Å².